The maximum atomic E-state index is 12.1. The van der Waals surface area contributed by atoms with E-state index in [1.54, 1.807) is 4.90 Å². The normalized spacial score (nSPS) is 27.2. The number of nitrogens with zero attached hydrogens (tertiary/aromatic N) is 1. The molecule has 1 aromatic rings. The predicted octanol–water partition coefficient (Wildman–Crippen LogP) is 2.58. The number of nitrogens with one attached hydrogen (secondary N) is 1. The maximum absolute atomic E-state index is 12.1. The first-order chi connectivity index (χ1) is 9.25. The number of carbonyl (C=O) groups is 1. The van der Waals surface area contributed by atoms with Gasteiger partial charge in [0.1, 0.15) is 0 Å². The second-order valence-corrected chi connectivity index (χ2v) is 6.50. The summed E-state index contributed by atoms with van der Waals surface area (Å²) in [5, 5.41) is 3.70. The summed E-state index contributed by atoms with van der Waals surface area (Å²) in [5.74, 6) is 2.66. The molecule has 0 aromatic heterocycles. The van der Waals surface area contributed by atoms with Crippen molar-refractivity contribution in [1.82, 2.24) is 5.32 Å². The second kappa shape index (κ2) is 5.55. The Kier molecular flexibility index (Phi) is 3.80. The molecule has 0 bridgehead atoms. The number of carbonyl (C=O) groups excluding carboxylic acids is 1. The molecular formula is C15H20N2OS. The van der Waals surface area contributed by atoms with Gasteiger partial charge in [-0.25, -0.2) is 0 Å². The summed E-state index contributed by atoms with van der Waals surface area (Å²) in [4.78, 5) is 13.9. The molecular weight excluding hydrogens is 256 g/mol. The molecule has 1 aromatic carbocycles. The van der Waals surface area contributed by atoms with Gasteiger partial charge in [-0.05, 0) is 30.2 Å². The van der Waals surface area contributed by atoms with Crippen molar-refractivity contribution in [2.24, 2.45) is 0 Å². The molecule has 2 atom stereocenters. The van der Waals surface area contributed by atoms with Crippen LogP contribution in [0.15, 0.2) is 24.3 Å². The van der Waals surface area contributed by atoms with Crippen molar-refractivity contribution in [3.8, 4) is 0 Å². The lowest BCUT2D eigenvalue weighted by Gasteiger charge is -2.35. The first-order valence-corrected chi connectivity index (χ1v) is 8.10. The lowest BCUT2D eigenvalue weighted by atomic mass is 9.95. The number of anilines is 1. The van der Waals surface area contributed by atoms with Crippen LogP contribution in [0.5, 0.6) is 0 Å². The minimum Gasteiger partial charge on any atom is -0.315 e. The van der Waals surface area contributed by atoms with Crippen molar-refractivity contribution in [1.29, 1.82) is 0 Å². The van der Waals surface area contributed by atoms with Crippen molar-refractivity contribution in [2.75, 3.05) is 23.5 Å². The largest absolute Gasteiger partial charge is 0.315 e. The van der Waals surface area contributed by atoms with Crippen molar-refractivity contribution < 1.29 is 4.79 Å². The zero-order chi connectivity index (χ0) is 13.2. The summed E-state index contributed by atoms with van der Waals surface area (Å²) >= 11 is 2.02. The van der Waals surface area contributed by atoms with Crippen LogP contribution in [0.25, 0.3) is 0 Å². The third kappa shape index (κ3) is 2.65. The highest BCUT2D eigenvalue weighted by Crippen LogP contribution is 2.34. The molecule has 3 rings (SSSR count). The summed E-state index contributed by atoms with van der Waals surface area (Å²) in [7, 11) is 1.87. The summed E-state index contributed by atoms with van der Waals surface area (Å²) in [6.07, 6.45) is 3.09. The van der Waals surface area contributed by atoms with Gasteiger partial charge in [0.2, 0.25) is 5.91 Å². The summed E-state index contributed by atoms with van der Waals surface area (Å²) < 4.78 is 0. The summed E-state index contributed by atoms with van der Waals surface area (Å²) in [6.45, 7) is 0. The van der Waals surface area contributed by atoms with E-state index in [1.807, 2.05) is 30.9 Å². The number of hydrogen-bond donors (Lipinski definition) is 1. The lowest BCUT2D eigenvalue weighted by molar-refractivity contribution is -0.119. The third-order valence-corrected chi connectivity index (χ3v) is 5.24. The van der Waals surface area contributed by atoms with Crippen molar-refractivity contribution in [3.63, 3.8) is 0 Å². The van der Waals surface area contributed by atoms with Crippen LogP contribution in [0.2, 0.25) is 0 Å². The highest BCUT2D eigenvalue weighted by Gasteiger charge is 2.30. The SMILES string of the molecule is CN1C(=O)CC(NC2CCCSC2)c2ccccc21. The molecule has 0 radical (unpaired) electrons. The van der Waals surface area contributed by atoms with Gasteiger partial charge in [-0.2, -0.15) is 11.8 Å². The van der Waals surface area contributed by atoms with Crippen molar-refractivity contribution in [3.05, 3.63) is 29.8 Å². The Morgan fingerprint density at radius 3 is 3.00 bits per heavy atom. The van der Waals surface area contributed by atoms with Crippen LogP contribution < -0.4 is 10.2 Å². The number of thioether (sulfide) groups is 1. The highest BCUT2D eigenvalue weighted by molar-refractivity contribution is 7.99. The fourth-order valence-electron chi connectivity index (χ4n) is 2.95. The van der Waals surface area contributed by atoms with E-state index in [-0.39, 0.29) is 11.9 Å². The number of rotatable bonds is 2. The number of amides is 1. The predicted molar refractivity (Wildman–Crippen MR) is 80.7 cm³/mol. The fourth-order valence-corrected chi connectivity index (χ4v) is 4.03. The highest BCUT2D eigenvalue weighted by atomic mass is 32.2. The molecule has 2 unspecified atom stereocenters. The molecule has 0 spiro atoms. The molecule has 3 nitrogen and oxygen atoms in total. The average Bonchev–Trinajstić information content (AvgIpc) is 2.46. The molecule has 2 aliphatic heterocycles. The van der Waals surface area contributed by atoms with E-state index < -0.39 is 0 Å². The van der Waals surface area contributed by atoms with Crippen molar-refractivity contribution in [2.45, 2.75) is 31.3 Å². The maximum Gasteiger partial charge on any atom is 0.228 e. The topological polar surface area (TPSA) is 32.3 Å². The smallest absolute Gasteiger partial charge is 0.228 e. The van der Waals surface area contributed by atoms with Gasteiger partial charge >= 0.3 is 0 Å². The first kappa shape index (κ1) is 13.0. The monoisotopic (exact) mass is 276 g/mol. The van der Waals surface area contributed by atoms with Crippen molar-refractivity contribution >= 4 is 23.4 Å². The molecule has 1 N–H and O–H groups in total. The van der Waals surface area contributed by atoms with E-state index in [2.05, 4.69) is 17.4 Å². The van der Waals surface area contributed by atoms with Crippen LogP contribution in [0.4, 0.5) is 5.69 Å². The molecule has 4 heteroatoms. The molecule has 19 heavy (non-hydrogen) atoms. The first-order valence-electron chi connectivity index (χ1n) is 6.95. The molecule has 1 fully saturated rings. The van der Waals surface area contributed by atoms with Gasteiger partial charge in [-0.1, -0.05) is 18.2 Å². The third-order valence-electron chi connectivity index (χ3n) is 4.02. The zero-order valence-corrected chi connectivity index (χ0v) is 12.1. The van der Waals surface area contributed by atoms with Crippen LogP contribution in [0.3, 0.4) is 0 Å². The van der Waals surface area contributed by atoms with Gasteiger partial charge in [0.25, 0.3) is 0 Å². The van der Waals surface area contributed by atoms with E-state index in [4.69, 9.17) is 0 Å². The minimum atomic E-state index is 0.184. The van der Waals surface area contributed by atoms with Crippen LogP contribution in [0.1, 0.15) is 30.9 Å². The average molecular weight is 276 g/mol. The molecule has 1 amide bonds. The van der Waals surface area contributed by atoms with E-state index in [9.17, 15) is 4.79 Å². The minimum absolute atomic E-state index is 0.184. The second-order valence-electron chi connectivity index (χ2n) is 5.35. The molecule has 102 valence electrons. The number of benzene rings is 1. The van der Waals surface area contributed by atoms with Gasteiger partial charge < -0.3 is 10.2 Å². The Morgan fingerprint density at radius 2 is 2.21 bits per heavy atom. The Labute approximate surface area is 118 Å². The van der Waals surface area contributed by atoms with E-state index in [0.717, 1.165) is 5.69 Å². The summed E-state index contributed by atoms with van der Waals surface area (Å²) in [6, 6.07) is 8.98. The number of para-hydroxylation sites is 1. The number of hydrogen-bond acceptors (Lipinski definition) is 3. The Balaban J connectivity index is 1.81. The van der Waals surface area contributed by atoms with Crippen LogP contribution in [0, 0.1) is 0 Å². The van der Waals surface area contributed by atoms with Gasteiger partial charge in [0.15, 0.2) is 0 Å². The van der Waals surface area contributed by atoms with Crippen LogP contribution >= 0.6 is 11.8 Å². The number of fused-ring (bicyclic) bond motifs is 1. The Hall–Kier alpha value is -1.00. The summed E-state index contributed by atoms with van der Waals surface area (Å²) in [5.41, 5.74) is 2.32. The molecule has 0 saturated carbocycles. The molecule has 1 saturated heterocycles. The van der Waals surface area contributed by atoms with E-state index in [1.165, 1.54) is 29.9 Å². The van der Waals surface area contributed by atoms with Gasteiger partial charge in [-0.15, -0.1) is 0 Å². The van der Waals surface area contributed by atoms with E-state index >= 15 is 0 Å². The van der Waals surface area contributed by atoms with E-state index in [0.29, 0.717) is 12.5 Å². The molecule has 2 heterocycles. The standard InChI is InChI=1S/C15H20N2OS/c1-17-14-7-3-2-6-12(14)13(9-15(17)18)16-11-5-4-8-19-10-11/h2-3,6-7,11,13,16H,4-5,8-10H2,1H3. The quantitative estimate of drug-likeness (QED) is 0.901. The van der Waals surface area contributed by atoms with Gasteiger partial charge in [0.05, 0.1) is 0 Å². The Bertz CT molecular complexity index is 471. The fraction of sp³-hybridized carbons (Fsp3) is 0.533. The van der Waals surface area contributed by atoms with Gasteiger partial charge in [-0.3, -0.25) is 4.79 Å². The lowest BCUT2D eigenvalue weighted by Crippen LogP contribution is -2.43. The Morgan fingerprint density at radius 1 is 1.37 bits per heavy atom. The zero-order valence-electron chi connectivity index (χ0n) is 11.3. The van der Waals surface area contributed by atoms with Crippen LogP contribution in [-0.2, 0) is 4.79 Å². The molecule has 0 aliphatic carbocycles. The molecule has 2 aliphatic rings. The van der Waals surface area contributed by atoms with Crippen LogP contribution in [-0.4, -0.2) is 30.5 Å². The van der Waals surface area contributed by atoms with Gasteiger partial charge in [0, 0.05) is 37.0 Å².